The van der Waals surface area contributed by atoms with Crippen molar-refractivity contribution in [2.24, 2.45) is 0 Å². The standard InChI is InChI=1S/C24H18F4N6O/c25-18-6-2-1-5-16(18)19-9-11-30-23(32-19)34-20(14-7-8-14)17(13-31-34)22(35)33-21(24(26,27)28)15-4-3-10-29-12-15/h1-6,9-14,21H,7-8H2,(H,33,35). The second-order valence-corrected chi connectivity index (χ2v) is 8.09. The molecule has 1 unspecified atom stereocenters. The van der Waals surface area contributed by atoms with E-state index in [0.717, 1.165) is 19.0 Å². The molecular weight excluding hydrogens is 464 g/mol. The van der Waals surface area contributed by atoms with Crippen LogP contribution in [-0.4, -0.2) is 36.8 Å². The highest BCUT2D eigenvalue weighted by atomic mass is 19.4. The van der Waals surface area contributed by atoms with Crippen molar-refractivity contribution >= 4 is 5.91 Å². The van der Waals surface area contributed by atoms with E-state index in [1.807, 2.05) is 0 Å². The van der Waals surface area contributed by atoms with Gasteiger partial charge in [0.15, 0.2) is 6.04 Å². The molecular formula is C24H18F4N6O. The van der Waals surface area contributed by atoms with Crippen molar-refractivity contribution < 1.29 is 22.4 Å². The van der Waals surface area contributed by atoms with Crippen LogP contribution in [-0.2, 0) is 0 Å². The van der Waals surface area contributed by atoms with Crippen LogP contribution in [0.15, 0.2) is 67.3 Å². The fourth-order valence-corrected chi connectivity index (χ4v) is 3.82. The number of carbonyl (C=O) groups excluding carboxylic acids is 1. The van der Waals surface area contributed by atoms with Gasteiger partial charge in [-0.05, 0) is 37.1 Å². The Labute approximate surface area is 196 Å². The molecule has 1 aliphatic carbocycles. The molecule has 3 heterocycles. The normalized spacial score (nSPS) is 14.5. The number of nitrogens with one attached hydrogen (secondary N) is 1. The number of nitrogens with zero attached hydrogens (tertiary/aromatic N) is 5. The maximum atomic E-state index is 14.3. The Morgan fingerprint density at radius 2 is 1.86 bits per heavy atom. The molecule has 178 valence electrons. The molecule has 1 saturated carbocycles. The van der Waals surface area contributed by atoms with Crippen LogP contribution in [0.5, 0.6) is 0 Å². The van der Waals surface area contributed by atoms with E-state index in [1.165, 1.54) is 47.5 Å². The van der Waals surface area contributed by atoms with Crippen molar-refractivity contribution in [3.8, 4) is 17.2 Å². The molecule has 1 amide bonds. The molecule has 0 aliphatic heterocycles. The van der Waals surface area contributed by atoms with Crippen molar-refractivity contribution in [3.05, 3.63) is 89.9 Å². The van der Waals surface area contributed by atoms with E-state index < -0.39 is 23.9 Å². The van der Waals surface area contributed by atoms with Crippen LogP contribution >= 0.6 is 0 Å². The number of amides is 1. The fourth-order valence-electron chi connectivity index (χ4n) is 3.82. The molecule has 1 atom stereocenters. The van der Waals surface area contributed by atoms with Crippen LogP contribution in [0.1, 0.15) is 46.4 Å². The maximum absolute atomic E-state index is 14.3. The van der Waals surface area contributed by atoms with Crippen LogP contribution < -0.4 is 5.32 Å². The van der Waals surface area contributed by atoms with E-state index in [9.17, 15) is 22.4 Å². The van der Waals surface area contributed by atoms with Gasteiger partial charge in [-0.25, -0.2) is 19.0 Å². The van der Waals surface area contributed by atoms with Crippen LogP contribution in [0.3, 0.4) is 0 Å². The summed E-state index contributed by atoms with van der Waals surface area (Å²) in [4.78, 5) is 25.4. The van der Waals surface area contributed by atoms with Gasteiger partial charge in [-0.2, -0.15) is 18.3 Å². The number of benzene rings is 1. The zero-order chi connectivity index (χ0) is 24.6. The third-order valence-electron chi connectivity index (χ3n) is 5.62. The lowest BCUT2D eigenvalue weighted by molar-refractivity contribution is -0.155. The number of hydrogen-bond donors (Lipinski definition) is 1. The predicted molar refractivity (Wildman–Crippen MR) is 117 cm³/mol. The molecule has 1 aliphatic rings. The molecule has 35 heavy (non-hydrogen) atoms. The van der Waals surface area contributed by atoms with Crippen LogP contribution in [0.4, 0.5) is 17.6 Å². The number of carbonyl (C=O) groups is 1. The second kappa shape index (κ2) is 8.90. The van der Waals surface area contributed by atoms with E-state index in [-0.39, 0.29) is 28.6 Å². The van der Waals surface area contributed by atoms with Crippen LogP contribution in [0.2, 0.25) is 0 Å². The number of pyridine rings is 1. The minimum atomic E-state index is -4.73. The van der Waals surface area contributed by atoms with Gasteiger partial charge in [0.2, 0.25) is 0 Å². The van der Waals surface area contributed by atoms with Gasteiger partial charge in [-0.15, -0.1) is 0 Å². The molecule has 4 aromatic rings. The Morgan fingerprint density at radius 3 is 2.54 bits per heavy atom. The second-order valence-electron chi connectivity index (χ2n) is 8.09. The zero-order valence-corrected chi connectivity index (χ0v) is 18.1. The summed E-state index contributed by atoms with van der Waals surface area (Å²) < 4.78 is 56.8. The zero-order valence-electron chi connectivity index (χ0n) is 18.1. The van der Waals surface area contributed by atoms with Crippen molar-refractivity contribution in [1.82, 2.24) is 30.0 Å². The summed E-state index contributed by atoms with van der Waals surface area (Å²) >= 11 is 0. The Hall–Kier alpha value is -4.15. The highest BCUT2D eigenvalue weighted by molar-refractivity contribution is 5.96. The molecule has 0 spiro atoms. The van der Waals surface area contributed by atoms with E-state index in [2.05, 4.69) is 25.4 Å². The minimum Gasteiger partial charge on any atom is -0.337 e. The summed E-state index contributed by atoms with van der Waals surface area (Å²) in [5, 5.41) is 6.29. The van der Waals surface area contributed by atoms with Crippen LogP contribution in [0.25, 0.3) is 17.2 Å². The lowest BCUT2D eigenvalue weighted by Crippen LogP contribution is -2.38. The van der Waals surface area contributed by atoms with Gasteiger partial charge in [0, 0.05) is 35.6 Å². The summed E-state index contributed by atoms with van der Waals surface area (Å²) in [6, 6.07) is 8.03. The Kier molecular flexibility index (Phi) is 5.75. The smallest absolute Gasteiger partial charge is 0.337 e. The SMILES string of the molecule is O=C(NC(c1cccnc1)C(F)(F)F)c1cnn(-c2nccc(-c3ccccc3F)n2)c1C1CC1. The quantitative estimate of drug-likeness (QED) is 0.400. The number of hydrogen-bond acceptors (Lipinski definition) is 5. The van der Waals surface area contributed by atoms with Crippen molar-refractivity contribution in [3.63, 3.8) is 0 Å². The first kappa shape index (κ1) is 22.6. The van der Waals surface area contributed by atoms with E-state index >= 15 is 0 Å². The van der Waals surface area contributed by atoms with Gasteiger partial charge in [0.25, 0.3) is 11.9 Å². The number of rotatable bonds is 6. The van der Waals surface area contributed by atoms with Crippen LogP contribution in [0, 0.1) is 5.82 Å². The highest BCUT2D eigenvalue weighted by Gasteiger charge is 2.43. The monoisotopic (exact) mass is 482 g/mol. The molecule has 1 fully saturated rings. The largest absolute Gasteiger partial charge is 0.412 e. The van der Waals surface area contributed by atoms with Gasteiger partial charge in [0.1, 0.15) is 5.82 Å². The maximum Gasteiger partial charge on any atom is 0.412 e. The topological polar surface area (TPSA) is 85.6 Å². The first-order valence-corrected chi connectivity index (χ1v) is 10.8. The predicted octanol–water partition coefficient (Wildman–Crippen LogP) is 4.77. The molecule has 1 N–H and O–H groups in total. The summed E-state index contributed by atoms with van der Waals surface area (Å²) in [6.45, 7) is 0. The molecule has 5 rings (SSSR count). The molecule has 3 aromatic heterocycles. The lowest BCUT2D eigenvalue weighted by Gasteiger charge is -2.21. The highest BCUT2D eigenvalue weighted by Crippen LogP contribution is 2.42. The lowest BCUT2D eigenvalue weighted by atomic mass is 10.1. The Bertz CT molecular complexity index is 1370. The van der Waals surface area contributed by atoms with Crippen molar-refractivity contribution in [2.45, 2.75) is 31.0 Å². The summed E-state index contributed by atoms with van der Waals surface area (Å²) in [5.74, 6) is -1.38. The molecule has 1 aromatic carbocycles. The van der Waals surface area contributed by atoms with Gasteiger partial charge in [0.05, 0.1) is 23.1 Å². The third kappa shape index (κ3) is 4.61. The molecule has 0 saturated heterocycles. The first-order chi connectivity index (χ1) is 16.8. The third-order valence-corrected chi connectivity index (χ3v) is 5.62. The van der Waals surface area contributed by atoms with Gasteiger partial charge >= 0.3 is 6.18 Å². The number of alkyl halides is 3. The van der Waals surface area contributed by atoms with E-state index in [0.29, 0.717) is 11.4 Å². The van der Waals surface area contributed by atoms with Crippen molar-refractivity contribution in [2.75, 3.05) is 0 Å². The molecule has 0 bridgehead atoms. The first-order valence-electron chi connectivity index (χ1n) is 10.8. The van der Waals surface area contributed by atoms with E-state index in [4.69, 9.17) is 0 Å². The average Bonchev–Trinajstić information content (AvgIpc) is 3.60. The summed E-state index contributed by atoms with van der Waals surface area (Å²) in [6.07, 6.45) is 1.80. The fraction of sp³-hybridized carbons (Fsp3) is 0.208. The Morgan fingerprint density at radius 1 is 1.06 bits per heavy atom. The summed E-state index contributed by atoms with van der Waals surface area (Å²) in [5.41, 5.74) is 0.810. The number of halogens is 4. The summed E-state index contributed by atoms with van der Waals surface area (Å²) in [7, 11) is 0. The average molecular weight is 482 g/mol. The van der Waals surface area contributed by atoms with Gasteiger partial charge < -0.3 is 5.32 Å². The molecule has 11 heteroatoms. The van der Waals surface area contributed by atoms with Gasteiger partial charge in [-0.1, -0.05) is 18.2 Å². The van der Waals surface area contributed by atoms with Gasteiger partial charge in [-0.3, -0.25) is 9.78 Å². The van der Waals surface area contributed by atoms with E-state index in [1.54, 1.807) is 18.2 Å². The Balaban J connectivity index is 1.50. The molecule has 7 nitrogen and oxygen atoms in total. The minimum absolute atomic E-state index is 0.00513. The number of aromatic nitrogens is 5. The molecule has 0 radical (unpaired) electrons. The van der Waals surface area contributed by atoms with Crippen molar-refractivity contribution in [1.29, 1.82) is 0 Å².